The molecule has 7 heteroatoms. The van der Waals surface area contributed by atoms with Gasteiger partial charge in [0.25, 0.3) is 5.69 Å². The van der Waals surface area contributed by atoms with Gasteiger partial charge in [0, 0.05) is 18.5 Å². The first kappa shape index (κ1) is 12.7. The van der Waals surface area contributed by atoms with E-state index in [0.717, 1.165) is 19.4 Å². The van der Waals surface area contributed by atoms with E-state index in [2.05, 4.69) is 15.5 Å². The van der Waals surface area contributed by atoms with Crippen molar-refractivity contribution in [1.29, 1.82) is 0 Å². The maximum Gasteiger partial charge on any atom is 0.280 e. The normalized spacial score (nSPS) is 18.3. The lowest BCUT2D eigenvalue weighted by atomic mass is 10.1. The van der Waals surface area contributed by atoms with Gasteiger partial charge in [-0.1, -0.05) is 17.3 Å². The Morgan fingerprint density at radius 2 is 2.30 bits per heavy atom. The number of benzene rings is 1. The highest BCUT2D eigenvalue weighted by Crippen LogP contribution is 2.27. The van der Waals surface area contributed by atoms with Crippen LogP contribution in [0.15, 0.2) is 28.8 Å². The maximum absolute atomic E-state index is 11.0. The minimum atomic E-state index is -0.441. The summed E-state index contributed by atoms with van der Waals surface area (Å²) in [6.07, 6.45) is 2.90. The molecule has 2 aromatic rings. The Labute approximate surface area is 115 Å². The topological polar surface area (TPSA) is 94.1 Å². The fraction of sp³-hybridized carbons (Fsp3) is 0.385. The van der Waals surface area contributed by atoms with E-state index >= 15 is 0 Å². The third-order valence-electron chi connectivity index (χ3n) is 3.39. The number of hydrogen-bond donors (Lipinski definition) is 1. The van der Waals surface area contributed by atoms with Crippen molar-refractivity contribution >= 4 is 5.69 Å². The Morgan fingerprint density at radius 1 is 1.45 bits per heavy atom. The predicted octanol–water partition coefficient (Wildman–Crippen LogP) is 1.94. The number of nitro benzene ring substituents is 1. The van der Waals surface area contributed by atoms with Crippen LogP contribution in [0.4, 0.5) is 5.69 Å². The van der Waals surface area contributed by atoms with Gasteiger partial charge in [-0.2, -0.15) is 4.98 Å². The van der Waals surface area contributed by atoms with Gasteiger partial charge in [0.1, 0.15) is 5.56 Å². The molecule has 3 rings (SSSR count). The second-order valence-corrected chi connectivity index (χ2v) is 4.78. The Bertz CT molecular complexity index is 620. The number of aromatic nitrogens is 2. The van der Waals surface area contributed by atoms with Crippen LogP contribution in [-0.4, -0.2) is 27.7 Å². The third-order valence-corrected chi connectivity index (χ3v) is 3.39. The van der Waals surface area contributed by atoms with Crippen LogP contribution in [-0.2, 0) is 6.42 Å². The van der Waals surface area contributed by atoms with Crippen LogP contribution >= 0.6 is 0 Å². The van der Waals surface area contributed by atoms with Crippen LogP contribution in [0.1, 0.15) is 18.7 Å². The SMILES string of the molecule is O=[N+]([O-])c1ccccc1-c1noc(CC2CCCN2)n1. The van der Waals surface area contributed by atoms with Gasteiger partial charge in [-0.05, 0) is 25.5 Å². The minimum absolute atomic E-state index is 0.0150. The Balaban J connectivity index is 1.84. The zero-order chi connectivity index (χ0) is 13.9. The van der Waals surface area contributed by atoms with Gasteiger partial charge in [0.05, 0.1) is 4.92 Å². The molecule has 2 heterocycles. The number of nitrogens with one attached hydrogen (secondary N) is 1. The van der Waals surface area contributed by atoms with Crippen molar-refractivity contribution < 1.29 is 9.45 Å². The lowest BCUT2D eigenvalue weighted by Crippen LogP contribution is -2.23. The highest BCUT2D eigenvalue weighted by Gasteiger charge is 2.21. The van der Waals surface area contributed by atoms with E-state index in [4.69, 9.17) is 4.52 Å². The predicted molar refractivity (Wildman–Crippen MR) is 71.1 cm³/mol. The van der Waals surface area contributed by atoms with Crippen molar-refractivity contribution in [2.45, 2.75) is 25.3 Å². The van der Waals surface area contributed by atoms with Crippen LogP contribution in [0.5, 0.6) is 0 Å². The molecule has 1 aliphatic heterocycles. The second-order valence-electron chi connectivity index (χ2n) is 4.78. The van der Waals surface area contributed by atoms with Crippen molar-refractivity contribution in [1.82, 2.24) is 15.5 Å². The molecule has 1 aromatic carbocycles. The lowest BCUT2D eigenvalue weighted by Gasteiger charge is -2.04. The summed E-state index contributed by atoms with van der Waals surface area (Å²) < 4.78 is 5.19. The maximum atomic E-state index is 11.0. The fourth-order valence-electron chi connectivity index (χ4n) is 2.41. The van der Waals surface area contributed by atoms with Crippen molar-refractivity contribution in [3.63, 3.8) is 0 Å². The molecule has 7 nitrogen and oxygen atoms in total. The van der Waals surface area contributed by atoms with E-state index in [1.165, 1.54) is 6.07 Å². The van der Waals surface area contributed by atoms with Crippen molar-refractivity contribution in [3.8, 4) is 11.4 Å². The monoisotopic (exact) mass is 274 g/mol. The molecule has 0 amide bonds. The zero-order valence-corrected chi connectivity index (χ0v) is 10.8. The van der Waals surface area contributed by atoms with Crippen LogP contribution < -0.4 is 5.32 Å². The van der Waals surface area contributed by atoms with Gasteiger partial charge in [-0.25, -0.2) is 0 Å². The first-order valence-corrected chi connectivity index (χ1v) is 6.54. The van der Waals surface area contributed by atoms with Crippen LogP contribution in [0.2, 0.25) is 0 Å². The van der Waals surface area contributed by atoms with Crippen molar-refractivity contribution in [3.05, 3.63) is 40.3 Å². The molecule has 1 unspecified atom stereocenters. The molecule has 1 N–H and O–H groups in total. The quantitative estimate of drug-likeness (QED) is 0.676. The molecule has 104 valence electrons. The number of nitro groups is 1. The standard InChI is InChI=1S/C13H14N4O3/c18-17(19)11-6-2-1-5-10(11)13-15-12(20-16-13)8-9-4-3-7-14-9/h1-2,5-6,9,14H,3-4,7-8H2. The lowest BCUT2D eigenvalue weighted by molar-refractivity contribution is -0.384. The number of hydrogen-bond acceptors (Lipinski definition) is 6. The average molecular weight is 274 g/mol. The highest BCUT2D eigenvalue weighted by molar-refractivity contribution is 5.67. The van der Waals surface area contributed by atoms with Gasteiger partial charge in [0.2, 0.25) is 11.7 Å². The summed E-state index contributed by atoms with van der Waals surface area (Å²) in [5, 5.41) is 18.2. The fourth-order valence-corrected chi connectivity index (χ4v) is 2.41. The van der Waals surface area contributed by atoms with E-state index in [1.807, 2.05) is 0 Å². The highest BCUT2D eigenvalue weighted by atomic mass is 16.6. The van der Waals surface area contributed by atoms with E-state index in [1.54, 1.807) is 18.2 Å². The summed E-state index contributed by atoms with van der Waals surface area (Å²) in [5.74, 6) is 0.780. The number of para-hydroxylation sites is 1. The van der Waals surface area contributed by atoms with Crippen LogP contribution in [0.3, 0.4) is 0 Å². The summed E-state index contributed by atoms with van der Waals surface area (Å²) >= 11 is 0. The summed E-state index contributed by atoms with van der Waals surface area (Å²) in [6, 6.07) is 6.75. The number of rotatable bonds is 4. The molecule has 1 saturated heterocycles. The Morgan fingerprint density at radius 3 is 3.05 bits per heavy atom. The molecular weight excluding hydrogens is 260 g/mol. The van der Waals surface area contributed by atoms with Gasteiger partial charge in [-0.3, -0.25) is 10.1 Å². The average Bonchev–Trinajstić information content (AvgIpc) is 3.11. The molecule has 1 aliphatic rings. The summed E-state index contributed by atoms with van der Waals surface area (Å²) in [4.78, 5) is 14.8. The third kappa shape index (κ3) is 2.53. The summed E-state index contributed by atoms with van der Waals surface area (Å²) in [6.45, 7) is 1.01. The molecule has 1 atom stereocenters. The molecule has 0 saturated carbocycles. The molecule has 0 spiro atoms. The van der Waals surface area contributed by atoms with Gasteiger partial charge < -0.3 is 9.84 Å². The zero-order valence-electron chi connectivity index (χ0n) is 10.8. The minimum Gasteiger partial charge on any atom is -0.339 e. The summed E-state index contributed by atoms with van der Waals surface area (Å²) in [7, 11) is 0. The van der Waals surface area contributed by atoms with Gasteiger partial charge >= 0.3 is 0 Å². The number of nitrogens with zero attached hydrogens (tertiary/aromatic N) is 3. The largest absolute Gasteiger partial charge is 0.339 e. The summed E-state index contributed by atoms with van der Waals surface area (Å²) in [5.41, 5.74) is 0.366. The molecule has 1 fully saturated rings. The van der Waals surface area contributed by atoms with E-state index < -0.39 is 4.92 Å². The first-order valence-electron chi connectivity index (χ1n) is 6.54. The van der Waals surface area contributed by atoms with Crippen molar-refractivity contribution in [2.24, 2.45) is 0 Å². The second kappa shape index (κ2) is 5.38. The first-order chi connectivity index (χ1) is 9.74. The molecule has 1 aromatic heterocycles. The molecular formula is C13H14N4O3. The molecule has 0 radical (unpaired) electrons. The van der Waals surface area contributed by atoms with Crippen LogP contribution in [0.25, 0.3) is 11.4 Å². The van der Waals surface area contributed by atoms with Crippen LogP contribution in [0, 0.1) is 10.1 Å². The van der Waals surface area contributed by atoms with E-state index in [0.29, 0.717) is 23.9 Å². The van der Waals surface area contributed by atoms with Gasteiger partial charge in [-0.15, -0.1) is 0 Å². The molecule has 0 aliphatic carbocycles. The molecule has 0 bridgehead atoms. The smallest absolute Gasteiger partial charge is 0.280 e. The Kier molecular flexibility index (Phi) is 3.42. The molecule has 20 heavy (non-hydrogen) atoms. The van der Waals surface area contributed by atoms with Crippen molar-refractivity contribution in [2.75, 3.05) is 6.54 Å². The Hall–Kier alpha value is -2.28. The van der Waals surface area contributed by atoms with E-state index in [9.17, 15) is 10.1 Å². The van der Waals surface area contributed by atoms with Gasteiger partial charge in [0.15, 0.2) is 0 Å². The van der Waals surface area contributed by atoms with E-state index in [-0.39, 0.29) is 11.5 Å².